The van der Waals surface area contributed by atoms with Crippen LogP contribution in [0.3, 0.4) is 0 Å². The summed E-state index contributed by atoms with van der Waals surface area (Å²) >= 11 is 0. The topological polar surface area (TPSA) is 76.0 Å². The van der Waals surface area contributed by atoms with Gasteiger partial charge in [0.15, 0.2) is 0 Å². The molecule has 0 radical (unpaired) electrons. The van der Waals surface area contributed by atoms with Crippen LogP contribution in [0.15, 0.2) is 6.20 Å². The van der Waals surface area contributed by atoms with Crippen molar-refractivity contribution in [3.05, 3.63) is 17.5 Å². The SMILES string of the molecule is Cc1c(CNS(=O)(=O)CC2CCNCC2)cnn1C. The van der Waals surface area contributed by atoms with Crippen molar-refractivity contribution >= 4 is 10.0 Å². The van der Waals surface area contributed by atoms with Crippen LogP contribution in [0.4, 0.5) is 0 Å². The first kappa shape index (κ1) is 14.5. The molecule has 2 heterocycles. The highest BCUT2D eigenvalue weighted by molar-refractivity contribution is 7.89. The fourth-order valence-corrected chi connectivity index (χ4v) is 3.77. The molecule has 1 aliphatic heterocycles. The van der Waals surface area contributed by atoms with Crippen LogP contribution in [0.5, 0.6) is 0 Å². The fraction of sp³-hybridized carbons (Fsp3) is 0.750. The number of rotatable bonds is 5. The highest BCUT2D eigenvalue weighted by Gasteiger charge is 2.21. The summed E-state index contributed by atoms with van der Waals surface area (Å²) in [6, 6.07) is 0. The van der Waals surface area contributed by atoms with Gasteiger partial charge >= 0.3 is 0 Å². The van der Waals surface area contributed by atoms with Crippen molar-refractivity contribution in [2.45, 2.75) is 26.3 Å². The second kappa shape index (κ2) is 6.02. The summed E-state index contributed by atoms with van der Waals surface area (Å²) in [6.45, 7) is 4.10. The standard InChI is InChI=1S/C12H22N4O2S/c1-10-12(7-14-16(10)2)8-15-19(17,18)9-11-3-5-13-6-4-11/h7,11,13,15H,3-6,8-9H2,1-2H3. The second-order valence-corrected chi connectivity index (χ2v) is 7.03. The summed E-state index contributed by atoms with van der Waals surface area (Å²) in [5, 5.41) is 7.35. The van der Waals surface area contributed by atoms with E-state index in [1.54, 1.807) is 10.9 Å². The Balaban J connectivity index is 1.88. The second-order valence-electron chi connectivity index (χ2n) is 5.17. The van der Waals surface area contributed by atoms with Gasteiger partial charge in [-0.3, -0.25) is 4.68 Å². The van der Waals surface area contributed by atoms with Gasteiger partial charge in [-0.2, -0.15) is 5.10 Å². The predicted octanol–water partition coefficient (Wildman–Crippen LogP) is 0.148. The van der Waals surface area contributed by atoms with Gasteiger partial charge in [0, 0.05) is 24.8 Å². The number of nitrogens with one attached hydrogen (secondary N) is 2. The van der Waals surface area contributed by atoms with E-state index in [1.165, 1.54) is 0 Å². The van der Waals surface area contributed by atoms with E-state index < -0.39 is 10.0 Å². The molecule has 1 saturated heterocycles. The molecule has 0 saturated carbocycles. The molecule has 0 aromatic carbocycles. The van der Waals surface area contributed by atoms with Crippen LogP contribution in [0.25, 0.3) is 0 Å². The zero-order valence-electron chi connectivity index (χ0n) is 11.5. The number of hydrogen-bond acceptors (Lipinski definition) is 4. The number of aryl methyl sites for hydroxylation is 1. The van der Waals surface area contributed by atoms with Gasteiger partial charge in [0.1, 0.15) is 0 Å². The predicted molar refractivity (Wildman–Crippen MR) is 74.2 cm³/mol. The number of hydrogen-bond donors (Lipinski definition) is 2. The third-order valence-corrected chi connectivity index (χ3v) is 5.23. The van der Waals surface area contributed by atoms with Gasteiger partial charge in [-0.15, -0.1) is 0 Å². The summed E-state index contributed by atoms with van der Waals surface area (Å²) in [4.78, 5) is 0. The zero-order valence-corrected chi connectivity index (χ0v) is 12.3. The highest BCUT2D eigenvalue weighted by Crippen LogP contribution is 2.14. The summed E-state index contributed by atoms with van der Waals surface area (Å²) in [5.41, 5.74) is 1.92. The van der Waals surface area contributed by atoms with Crippen LogP contribution in [0.1, 0.15) is 24.1 Å². The average Bonchev–Trinajstić information content (AvgIpc) is 2.68. The molecule has 1 aromatic rings. The van der Waals surface area contributed by atoms with Crippen molar-refractivity contribution in [2.24, 2.45) is 13.0 Å². The van der Waals surface area contributed by atoms with Gasteiger partial charge in [-0.05, 0) is 38.8 Å². The van der Waals surface area contributed by atoms with Crippen molar-refractivity contribution in [1.29, 1.82) is 0 Å². The first-order valence-electron chi connectivity index (χ1n) is 6.63. The molecule has 1 fully saturated rings. The van der Waals surface area contributed by atoms with Crippen LogP contribution in [-0.2, 0) is 23.6 Å². The van der Waals surface area contributed by atoms with Gasteiger partial charge in [0.25, 0.3) is 0 Å². The monoisotopic (exact) mass is 286 g/mol. The average molecular weight is 286 g/mol. The van der Waals surface area contributed by atoms with Crippen LogP contribution in [0.2, 0.25) is 0 Å². The summed E-state index contributed by atoms with van der Waals surface area (Å²) in [5.74, 6) is 0.502. The summed E-state index contributed by atoms with van der Waals surface area (Å²) in [6.07, 6.45) is 3.59. The lowest BCUT2D eigenvalue weighted by molar-refractivity contribution is 0.400. The Morgan fingerprint density at radius 1 is 1.47 bits per heavy atom. The minimum atomic E-state index is -3.20. The first-order chi connectivity index (χ1) is 8.98. The number of aromatic nitrogens is 2. The Morgan fingerprint density at radius 3 is 2.74 bits per heavy atom. The van der Waals surface area contributed by atoms with Crippen molar-refractivity contribution in [3.8, 4) is 0 Å². The molecule has 0 spiro atoms. The van der Waals surface area contributed by atoms with Crippen LogP contribution >= 0.6 is 0 Å². The molecule has 0 bridgehead atoms. The maximum atomic E-state index is 12.0. The maximum absolute atomic E-state index is 12.0. The quantitative estimate of drug-likeness (QED) is 0.808. The molecule has 2 N–H and O–H groups in total. The van der Waals surface area contributed by atoms with E-state index >= 15 is 0 Å². The third kappa shape index (κ3) is 4.02. The molecule has 1 aromatic heterocycles. The molecule has 108 valence electrons. The lowest BCUT2D eigenvalue weighted by Gasteiger charge is -2.22. The molecule has 1 aliphatic rings. The Bertz CT molecular complexity index is 518. The van der Waals surface area contributed by atoms with E-state index in [0.717, 1.165) is 37.2 Å². The number of sulfonamides is 1. The Kier molecular flexibility index (Phi) is 4.59. The van der Waals surface area contributed by atoms with E-state index in [4.69, 9.17) is 0 Å². The van der Waals surface area contributed by atoms with E-state index in [1.807, 2.05) is 14.0 Å². The Labute approximate surface area is 114 Å². The van der Waals surface area contributed by atoms with E-state index in [9.17, 15) is 8.42 Å². The van der Waals surface area contributed by atoms with Crippen LogP contribution in [0, 0.1) is 12.8 Å². The lowest BCUT2D eigenvalue weighted by Crippen LogP contribution is -2.35. The van der Waals surface area contributed by atoms with Gasteiger partial charge in [0.05, 0.1) is 11.9 Å². The molecular weight excluding hydrogens is 264 g/mol. The molecule has 2 rings (SSSR count). The number of piperidine rings is 1. The van der Waals surface area contributed by atoms with Crippen molar-refractivity contribution in [3.63, 3.8) is 0 Å². The number of nitrogens with zero attached hydrogens (tertiary/aromatic N) is 2. The Morgan fingerprint density at radius 2 is 2.16 bits per heavy atom. The van der Waals surface area contributed by atoms with Crippen LogP contribution in [-0.4, -0.2) is 37.0 Å². The van der Waals surface area contributed by atoms with Crippen molar-refractivity contribution in [1.82, 2.24) is 19.8 Å². The summed E-state index contributed by atoms with van der Waals surface area (Å²) < 4.78 is 28.5. The molecule has 7 heteroatoms. The van der Waals surface area contributed by atoms with E-state index in [0.29, 0.717) is 6.54 Å². The van der Waals surface area contributed by atoms with E-state index in [-0.39, 0.29) is 11.7 Å². The van der Waals surface area contributed by atoms with E-state index in [2.05, 4.69) is 15.1 Å². The van der Waals surface area contributed by atoms with Crippen LogP contribution < -0.4 is 10.0 Å². The Hall–Kier alpha value is -0.920. The third-order valence-electron chi connectivity index (χ3n) is 3.73. The van der Waals surface area contributed by atoms with Gasteiger partial charge in [-0.25, -0.2) is 13.1 Å². The normalized spacial score (nSPS) is 17.8. The zero-order chi connectivity index (χ0) is 13.9. The lowest BCUT2D eigenvalue weighted by atomic mass is 10.0. The molecule has 6 nitrogen and oxygen atoms in total. The maximum Gasteiger partial charge on any atom is 0.212 e. The molecule has 0 amide bonds. The largest absolute Gasteiger partial charge is 0.317 e. The van der Waals surface area contributed by atoms with Crippen molar-refractivity contribution < 1.29 is 8.42 Å². The smallest absolute Gasteiger partial charge is 0.212 e. The summed E-state index contributed by atoms with van der Waals surface area (Å²) in [7, 11) is -1.35. The van der Waals surface area contributed by atoms with Gasteiger partial charge in [0.2, 0.25) is 10.0 Å². The fourth-order valence-electron chi connectivity index (χ4n) is 2.32. The molecule has 19 heavy (non-hydrogen) atoms. The van der Waals surface area contributed by atoms with Crippen molar-refractivity contribution in [2.75, 3.05) is 18.8 Å². The molecule has 0 unspecified atom stereocenters. The first-order valence-corrected chi connectivity index (χ1v) is 8.29. The molecule has 0 atom stereocenters. The van der Waals surface area contributed by atoms with Gasteiger partial charge < -0.3 is 5.32 Å². The molecular formula is C12H22N4O2S. The minimum Gasteiger partial charge on any atom is -0.317 e. The molecule has 0 aliphatic carbocycles. The van der Waals surface area contributed by atoms with Gasteiger partial charge in [-0.1, -0.05) is 0 Å². The minimum absolute atomic E-state index is 0.230. The highest BCUT2D eigenvalue weighted by atomic mass is 32.2.